The number of imidazole rings is 1. The van der Waals surface area contributed by atoms with Gasteiger partial charge in [-0.3, -0.25) is 0 Å². The van der Waals surface area contributed by atoms with Crippen molar-refractivity contribution in [1.29, 1.82) is 0 Å². The first-order valence-corrected chi connectivity index (χ1v) is 6.73. The Morgan fingerprint density at radius 1 is 1.33 bits per heavy atom. The Labute approximate surface area is 108 Å². The molecule has 1 aromatic carbocycles. The van der Waals surface area contributed by atoms with Crippen LogP contribution in [0, 0.1) is 5.41 Å². The van der Waals surface area contributed by atoms with E-state index in [1.807, 2.05) is 18.2 Å². The third-order valence-corrected chi connectivity index (χ3v) is 4.56. The molecule has 1 aliphatic rings. The summed E-state index contributed by atoms with van der Waals surface area (Å²) in [7, 11) is 0. The normalized spacial score (nSPS) is 18.2. The molecular weight excluding hydrogens is 222 g/mol. The fourth-order valence-electron chi connectivity index (χ4n) is 2.62. The number of fused-ring (bicyclic) bond motifs is 1. The van der Waals surface area contributed by atoms with Gasteiger partial charge in [-0.2, -0.15) is 0 Å². The van der Waals surface area contributed by atoms with Crippen LogP contribution < -0.4 is 5.73 Å². The van der Waals surface area contributed by atoms with Gasteiger partial charge >= 0.3 is 0 Å². The molecule has 3 heteroatoms. The van der Waals surface area contributed by atoms with Crippen molar-refractivity contribution in [2.45, 2.75) is 45.1 Å². The lowest BCUT2D eigenvalue weighted by molar-refractivity contribution is 0.244. The second-order valence-corrected chi connectivity index (χ2v) is 6.24. The Balaban J connectivity index is 1.73. The Morgan fingerprint density at radius 2 is 2.06 bits per heavy atom. The van der Waals surface area contributed by atoms with E-state index in [4.69, 9.17) is 5.73 Å². The summed E-state index contributed by atoms with van der Waals surface area (Å²) in [4.78, 5) is 8.01. The third kappa shape index (κ3) is 1.93. The minimum Gasteiger partial charge on any atom is -0.342 e. The molecule has 0 atom stereocenters. The fourth-order valence-corrected chi connectivity index (χ4v) is 2.62. The summed E-state index contributed by atoms with van der Waals surface area (Å²) >= 11 is 0. The Hall–Kier alpha value is -1.35. The van der Waals surface area contributed by atoms with Gasteiger partial charge in [-0.1, -0.05) is 26.0 Å². The van der Waals surface area contributed by atoms with Gasteiger partial charge in [0.05, 0.1) is 11.0 Å². The molecule has 0 unspecified atom stereocenters. The van der Waals surface area contributed by atoms with Crippen LogP contribution in [0.4, 0.5) is 0 Å². The summed E-state index contributed by atoms with van der Waals surface area (Å²) in [5.74, 6) is 1.08. The minimum atomic E-state index is 0.0685. The smallest absolute Gasteiger partial charge is 0.107 e. The van der Waals surface area contributed by atoms with Gasteiger partial charge in [0.1, 0.15) is 5.82 Å². The van der Waals surface area contributed by atoms with Gasteiger partial charge in [-0.15, -0.1) is 0 Å². The summed E-state index contributed by atoms with van der Waals surface area (Å²) in [6.45, 7) is 4.56. The van der Waals surface area contributed by atoms with Crippen molar-refractivity contribution < 1.29 is 0 Å². The monoisotopic (exact) mass is 243 g/mol. The number of nitrogens with one attached hydrogen (secondary N) is 1. The second-order valence-electron chi connectivity index (χ2n) is 6.24. The number of hydrogen-bond acceptors (Lipinski definition) is 2. The topological polar surface area (TPSA) is 54.7 Å². The first kappa shape index (κ1) is 11.7. The number of benzene rings is 1. The molecule has 3 N–H and O–H groups in total. The van der Waals surface area contributed by atoms with Crippen LogP contribution in [0.25, 0.3) is 11.0 Å². The zero-order chi connectivity index (χ0) is 12.8. The number of nitrogens with two attached hydrogens (primary N) is 1. The van der Waals surface area contributed by atoms with E-state index in [-0.39, 0.29) is 11.0 Å². The van der Waals surface area contributed by atoms with Crippen molar-refractivity contribution in [2.75, 3.05) is 0 Å². The highest BCUT2D eigenvalue weighted by atomic mass is 14.9. The predicted octanol–water partition coefficient (Wildman–Crippen LogP) is 3.01. The first-order valence-electron chi connectivity index (χ1n) is 6.73. The van der Waals surface area contributed by atoms with E-state index in [2.05, 4.69) is 29.9 Å². The Kier molecular flexibility index (Phi) is 2.49. The van der Waals surface area contributed by atoms with Crippen molar-refractivity contribution in [2.24, 2.45) is 11.1 Å². The highest BCUT2D eigenvalue weighted by Crippen LogP contribution is 2.49. The van der Waals surface area contributed by atoms with Crippen molar-refractivity contribution >= 4 is 11.0 Å². The van der Waals surface area contributed by atoms with Crippen molar-refractivity contribution in [1.82, 2.24) is 9.97 Å². The number of rotatable bonds is 4. The van der Waals surface area contributed by atoms with Crippen LogP contribution in [0.2, 0.25) is 0 Å². The molecule has 0 radical (unpaired) electrons. The van der Waals surface area contributed by atoms with Crippen molar-refractivity contribution in [3.63, 3.8) is 0 Å². The molecule has 1 heterocycles. The lowest BCUT2D eigenvalue weighted by Gasteiger charge is -2.31. The SMILES string of the molecule is CC(C)(CCc1nc2ccccc2[nH]1)C1(N)CC1. The Morgan fingerprint density at radius 3 is 2.72 bits per heavy atom. The molecule has 3 rings (SSSR count). The highest BCUT2D eigenvalue weighted by Gasteiger charge is 2.50. The van der Waals surface area contributed by atoms with Gasteiger partial charge < -0.3 is 10.7 Å². The lowest BCUT2D eigenvalue weighted by Crippen LogP contribution is -2.40. The largest absolute Gasteiger partial charge is 0.342 e. The molecule has 1 saturated carbocycles. The van der Waals surface area contributed by atoms with E-state index in [0.717, 1.165) is 29.7 Å². The average Bonchev–Trinajstić information content (AvgIpc) is 2.96. The second kappa shape index (κ2) is 3.82. The third-order valence-electron chi connectivity index (χ3n) is 4.56. The van der Waals surface area contributed by atoms with Crippen LogP contribution in [0.15, 0.2) is 24.3 Å². The fraction of sp³-hybridized carbons (Fsp3) is 0.533. The zero-order valence-electron chi connectivity index (χ0n) is 11.2. The van der Waals surface area contributed by atoms with Gasteiger partial charge in [-0.05, 0) is 36.8 Å². The zero-order valence-corrected chi connectivity index (χ0v) is 11.2. The quantitative estimate of drug-likeness (QED) is 0.867. The predicted molar refractivity (Wildman–Crippen MR) is 74.3 cm³/mol. The van der Waals surface area contributed by atoms with E-state index in [0.29, 0.717) is 0 Å². The standard InChI is InChI=1S/C15H21N3/c1-14(2,15(16)9-10-15)8-7-13-17-11-5-3-4-6-12(11)18-13/h3-6H,7-10,16H2,1-2H3,(H,17,18). The van der Waals surface area contributed by atoms with Crippen LogP contribution in [0.1, 0.15) is 38.9 Å². The number of aromatic nitrogens is 2. The molecular formula is C15H21N3. The molecule has 1 aromatic heterocycles. The van der Waals surface area contributed by atoms with Crippen LogP contribution in [-0.4, -0.2) is 15.5 Å². The number of hydrogen-bond donors (Lipinski definition) is 2. The van der Waals surface area contributed by atoms with E-state index in [9.17, 15) is 0 Å². The van der Waals surface area contributed by atoms with Gasteiger partial charge in [0, 0.05) is 12.0 Å². The van der Waals surface area contributed by atoms with Crippen LogP contribution in [0.3, 0.4) is 0 Å². The number of aromatic amines is 1. The minimum absolute atomic E-state index is 0.0685. The molecule has 0 spiro atoms. The molecule has 1 fully saturated rings. The van der Waals surface area contributed by atoms with E-state index in [1.54, 1.807) is 0 Å². The van der Waals surface area contributed by atoms with Crippen LogP contribution in [0.5, 0.6) is 0 Å². The molecule has 18 heavy (non-hydrogen) atoms. The first-order chi connectivity index (χ1) is 8.50. The van der Waals surface area contributed by atoms with Gasteiger partial charge in [-0.25, -0.2) is 4.98 Å². The molecule has 96 valence electrons. The molecule has 0 aliphatic heterocycles. The highest BCUT2D eigenvalue weighted by molar-refractivity contribution is 5.74. The molecule has 0 amide bonds. The van der Waals surface area contributed by atoms with Gasteiger partial charge in [0.25, 0.3) is 0 Å². The summed E-state index contributed by atoms with van der Waals surface area (Å²) in [6.07, 6.45) is 4.39. The molecule has 0 saturated heterocycles. The number of nitrogens with zero attached hydrogens (tertiary/aromatic N) is 1. The van der Waals surface area contributed by atoms with Crippen LogP contribution in [-0.2, 0) is 6.42 Å². The lowest BCUT2D eigenvalue weighted by atomic mass is 9.78. The van der Waals surface area contributed by atoms with Crippen molar-refractivity contribution in [3.8, 4) is 0 Å². The van der Waals surface area contributed by atoms with Gasteiger partial charge in [0.15, 0.2) is 0 Å². The van der Waals surface area contributed by atoms with Crippen molar-refractivity contribution in [3.05, 3.63) is 30.1 Å². The molecule has 2 aromatic rings. The number of aryl methyl sites for hydroxylation is 1. The van der Waals surface area contributed by atoms with Crippen LogP contribution >= 0.6 is 0 Å². The summed E-state index contributed by atoms with van der Waals surface area (Å²) in [5, 5.41) is 0. The maximum Gasteiger partial charge on any atom is 0.107 e. The summed E-state index contributed by atoms with van der Waals surface area (Å²) < 4.78 is 0. The van der Waals surface area contributed by atoms with E-state index >= 15 is 0 Å². The van der Waals surface area contributed by atoms with E-state index in [1.165, 1.54) is 12.8 Å². The molecule has 0 bridgehead atoms. The molecule has 1 aliphatic carbocycles. The average molecular weight is 243 g/mol. The maximum absolute atomic E-state index is 6.33. The summed E-state index contributed by atoms with van der Waals surface area (Å²) in [6, 6.07) is 8.18. The number of H-pyrrole nitrogens is 1. The summed E-state index contributed by atoms with van der Waals surface area (Å²) in [5.41, 5.74) is 8.78. The number of para-hydroxylation sites is 2. The Bertz CT molecular complexity index is 531. The molecule has 3 nitrogen and oxygen atoms in total. The van der Waals surface area contributed by atoms with E-state index < -0.39 is 0 Å². The maximum atomic E-state index is 6.33. The van der Waals surface area contributed by atoms with Gasteiger partial charge in [0.2, 0.25) is 0 Å².